The number of thiophene rings is 1. The molecule has 1 unspecified atom stereocenters. The van der Waals surface area contributed by atoms with Crippen LogP contribution in [0.3, 0.4) is 0 Å². The third kappa shape index (κ3) is 5.46. The van der Waals surface area contributed by atoms with Gasteiger partial charge in [-0.2, -0.15) is 8.42 Å². The zero-order chi connectivity index (χ0) is 22.7. The van der Waals surface area contributed by atoms with E-state index in [2.05, 4.69) is 27.0 Å². The number of hydrogen-bond donors (Lipinski definition) is 0. The van der Waals surface area contributed by atoms with Crippen LogP contribution in [-0.2, 0) is 24.6 Å². The number of fused-ring (bicyclic) bond motifs is 1. The van der Waals surface area contributed by atoms with E-state index in [1.807, 2.05) is 0 Å². The first kappa shape index (κ1) is 25.3. The Labute approximate surface area is 195 Å². The van der Waals surface area contributed by atoms with Crippen LogP contribution in [0.4, 0.5) is 4.79 Å². The number of amides is 1. The fourth-order valence-corrected chi connectivity index (χ4v) is 8.17. The van der Waals surface area contributed by atoms with Crippen LogP contribution in [0.25, 0.3) is 0 Å². The van der Waals surface area contributed by atoms with Crippen LogP contribution in [-0.4, -0.2) is 76.0 Å². The third-order valence-electron chi connectivity index (χ3n) is 4.53. The smallest absolute Gasteiger partial charge is 0.410 e. The van der Waals surface area contributed by atoms with E-state index >= 15 is 0 Å². The number of hydrogen-bond acceptors (Lipinski definition) is 7. The van der Waals surface area contributed by atoms with Gasteiger partial charge < -0.3 is 14.5 Å². The SMILES string of the molecule is CCN(C(=O)OCCCI)[C@H]1CC(C)S(=O)(=O)c2sc(S(=O)(=O)N=CN(C)C)cc21. The van der Waals surface area contributed by atoms with Gasteiger partial charge in [-0.15, -0.1) is 15.7 Å². The van der Waals surface area contributed by atoms with Gasteiger partial charge in [-0.05, 0) is 32.8 Å². The van der Waals surface area contributed by atoms with Gasteiger partial charge in [0.2, 0.25) is 0 Å². The van der Waals surface area contributed by atoms with Crippen molar-refractivity contribution >= 4 is 66.2 Å². The predicted molar refractivity (Wildman–Crippen MR) is 125 cm³/mol. The van der Waals surface area contributed by atoms with Gasteiger partial charge in [0.05, 0.1) is 17.9 Å². The lowest BCUT2D eigenvalue weighted by Crippen LogP contribution is -2.40. The van der Waals surface area contributed by atoms with Crippen molar-refractivity contribution in [3.05, 3.63) is 11.6 Å². The number of halogens is 1. The minimum atomic E-state index is -4.06. The maximum Gasteiger partial charge on any atom is 0.410 e. The number of carbonyl (C=O) groups excluding carboxylic acids is 1. The molecule has 13 heteroatoms. The van der Waals surface area contributed by atoms with E-state index < -0.39 is 37.2 Å². The molecule has 0 aromatic carbocycles. The van der Waals surface area contributed by atoms with Crippen LogP contribution in [0.15, 0.2) is 18.9 Å². The molecule has 0 aliphatic carbocycles. The van der Waals surface area contributed by atoms with Crippen molar-refractivity contribution < 1.29 is 26.4 Å². The maximum atomic E-state index is 12.9. The Morgan fingerprint density at radius 3 is 2.67 bits per heavy atom. The minimum absolute atomic E-state index is 0.0246. The summed E-state index contributed by atoms with van der Waals surface area (Å²) in [5, 5.41) is -0.759. The summed E-state index contributed by atoms with van der Waals surface area (Å²) in [7, 11) is -4.51. The van der Waals surface area contributed by atoms with Crippen molar-refractivity contribution in [3.8, 4) is 0 Å². The Morgan fingerprint density at radius 2 is 2.10 bits per heavy atom. The standard InChI is InChI=1S/C17H26IN3O6S3/c1-5-21(17(22)27-8-6-7-18)14-9-12(2)29(23,24)16-13(14)10-15(28-16)30(25,26)19-11-20(3)4/h10-12,14H,5-9H2,1-4H3/t12?,14-/m0/s1. The van der Waals surface area contributed by atoms with Gasteiger partial charge >= 0.3 is 6.09 Å². The summed E-state index contributed by atoms with van der Waals surface area (Å²) in [6.45, 7) is 3.92. The average Bonchev–Trinajstić information content (AvgIpc) is 3.13. The number of nitrogens with zero attached hydrogens (tertiary/aromatic N) is 3. The van der Waals surface area contributed by atoms with Gasteiger partial charge in [-0.25, -0.2) is 13.2 Å². The molecule has 1 aliphatic rings. The van der Waals surface area contributed by atoms with Crippen molar-refractivity contribution in [2.75, 3.05) is 31.7 Å². The van der Waals surface area contributed by atoms with Gasteiger partial charge in [-0.3, -0.25) is 0 Å². The predicted octanol–water partition coefficient (Wildman–Crippen LogP) is 2.92. The average molecular weight is 592 g/mol. The zero-order valence-corrected chi connectivity index (χ0v) is 21.8. The highest BCUT2D eigenvalue weighted by Gasteiger charge is 2.43. The van der Waals surface area contributed by atoms with Gasteiger partial charge in [0.15, 0.2) is 9.84 Å². The molecule has 0 saturated carbocycles. The molecule has 1 aromatic rings. The Hall–Kier alpha value is -0.930. The van der Waals surface area contributed by atoms with Gasteiger partial charge in [0.1, 0.15) is 14.8 Å². The highest BCUT2D eigenvalue weighted by molar-refractivity contribution is 14.1. The molecule has 2 heterocycles. The van der Waals surface area contributed by atoms with E-state index in [1.165, 1.54) is 15.9 Å². The molecular formula is C17H26IN3O6S3. The highest BCUT2D eigenvalue weighted by atomic mass is 127. The normalized spacial score (nSPS) is 20.7. The Balaban J connectivity index is 2.51. The summed E-state index contributed by atoms with van der Waals surface area (Å²) in [5.41, 5.74) is 0.310. The number of alkyl halides is 1. The summed E-state index contributed by atoms with van der Waals surface area (Å²) >= 11 is 2.87. The van der Waals surface area contributed by atoms with Crippen LogP contribution < -0.4 is 0 Å². The van der Waals surface area contributed by atoms with Crippen LogP contribution in [0.5, 0.6) is 0 Å². The second-order valence-electron chi connectivity index (χ2n) is 7.02. The summed E-state index contributed by atoms with van der Waals surface area (Å²) in [6, 6.07) is 0.741. The van der Waals surface area contributed by atoms with Gasteiger partial charge in [0, 0.05) is 30.6 Å². The number of rotatable bonds is 8. The van der Waals surface area contributed by atoms with E-state index in [4.69, 9.17) is 4.74 Å². The monoisotopic (exact) mass is 591 g/mol. The van der Waals surface area contributed by atoms with E-state index in [9.17, 15) is 21.6 Å². The molecule has 0 spiro atoms. The van der Waals surface area contributed by atoms with E-state index in [1.54, 1.807) is 27.9 Å². The first-order chi connectivity index (χ1) is 14.0. The second kappa shape index (κ2) is 10.1. The van der Waals surface area contributed by atoms with E-state index in [-0.39, 0.29) is 21.4 Å². The van der Waals surface area contributed by atoms with Gasteiger partial charge in [-0.1, -0.05) is 22.6 Å². The quantitative estimate of drug-likeness (QED) is 0.150. The molecule has 0 bridgehead atoms. The fraction of sp³-hybridized carbons (Fsp3) is 0.647. The zero-order valence-electron chi connectivity index (χ0n) is 17.2. The molecule has 1 aliphatic heterocycles. The van der Waals surface area contributed by atoms with Crippen molar-refractivity contribution in [2.24, 2.45) is 4.40 Å². The summed E-state index contributed by atoms with van der Waals surface area (Å²) < 4.78 is 60.5. The molecule has 2 atom stereocenters. The number of carbonyl (C=O) groups is 1. The molecule has 9 nitrogen and oxygen atoms in total. The molecule has 2 rings (SSSR count). The van der Waals surface area contributed by atoms with Crippen molar-refractivity contribution in [1.29, 1.82) is 0 Å². The van der Waals surface area contributed by atoms with Crippen LogP contribution in [0, 0.1) is 0 Å². The maximum absolute atomic E-state index is 12.9. The largest absolute Gasteiger partial charge is 0.449 e. The highest BCUT2D eigenvalue weighted by Crippen LogP contribution is 2.45. The molecule has 0 N–H and O–H groups in total. The molecule has 1 amide bonds. The van der Waals surface area contributed by atoms with Crippen molar-refractivity contribution in [1.82, 2.24) is 9.80 Å². The van der Waals surface area contributed by atoms with Crippen LogP contribution >= 0.6 is 33.9 Å². The van der Waals surface area contributed by atoms with Gasteiger partial charge in [0.25, 0.3) is 10.0 Å². The third-order valence-corrected chi connectivity index (χ3v) is 10.9. The molecular weight excluding hydrogens is 565 g/mol. The first-order valence-electron chi connectivity index (χ1n) is 9.29. The lowest BCUT2D eigenvalue weighted by Gasteiger charge is -2.35. The second-order valence-corrected chi connectivity index (χ2v) is 13.6. The molecule has 170 valence electrons. The van der Waals surface area contributed by atoms with Crippen LogP contribution in [0.1, 0.15) is 38.3 Å². The van der Waals surface area contributed by atoms with Crippen molar-refractivity contribution in [3.63, 3.8) is 0 Å². The van der Waals surface area contributed by atoms with Crippen LogP contribution in [0.2, 0.25) is 0 Å². The molecule has 30 heavy (non-hydrogen) atoms. The Bertz CT molecular complexity index is 1000. The number of sulfonamides is 1. The Morgan fingerprint density at radius 1 is 1.43 bits per heavy atom. The first-order valence-corrected chi connectivity index (χ1v) is 14.6. The minimum Gasteiger partial charge on any atom is -0.449 e. The summed E-state index contributed by atoms with van der Waals surface area (Å²) in [4.78, 5) is 15.5. The van der Waals surface area contributed by atoms with E-state index in [0.717, 1.165) is 17.2 Å². The topological polar surface area (TPSA) is 113 Å². The van der Waals surface area contributed by atoms with E-state index in [0.29, 0.717) is 23.4 Å². The summed E-state index contributed by atoms with van der Waals surface area (Å²) in [6.07, 6.45) is 1.49. The lowest BCUT2D eigenvalue weighted by molar-refractivity contribution is 0.0854. The number of sulfone groups is 1. The Kier molecular flexibility index (Phi) is 8.55. The molecule has 1 aromatic heterocycles. The fourth-order valence-electron chi connectivity index (χ4n) is 2.98. The van der Waals surface area contributed by atoms with Crippen molar-refractivity contribution in [2.45, 2.75) is 46.4 Å². The lowest BCUT2D eigenvalue weighted by atomic mass is 10.0. The number of ether oxygens (including phenoxy) is 1. The summed E-state index contributed by atoms with van der Waals surface area (Å²) in [5.74, 6) is 0. The molecule has 0 fully saturated rings. The molecule has 0 radical (unpaired) electrons. The molecule has 0 saturated heterocycles.